The van der Waals surface area contributed by atoms with Crippen molar-refractivity contribution in [3.63, 3.8) is 0 Å². The van der Waals surface area contributed by atoms with Crippen molar-refractivity contribution in [2.24, 2.45) is 23.7 Å². The second kappa shape index (κ2) is 33.1. The van der Waals surface area contributed by atoms with Crippen molar-refractivity contribution in [1.29, 1.82) is 0 Å². The summed E-state index contributed by atoms with van der Waals surface area (Å²) in [7, 11) is 0. The molecule has 0 aromatic rings. The summed E-state index contributed by atoms with van der Waals surface area (Å²) in [5.41, 5.74) is 0. The van der Waals surface area contributed by atoms with Crippen molar-refractivity contribution in [3.8, 4) is 0 Å². The lowest BCUT2D eigenvalue weighted by molar-refractivity contribution is -0.142. The number of Topliss-reactive ketones (excluding diaryl/α,β-unsaturated/α-hetero) is 3. The Morgan fingerprint density at radius 1 is 0.446 bits per heavy atom. The Hall–Kier alpha value is -2.94. The van der Waals surface area contributed by atoms with Gasteiger partial charge in [0.2, 0.25) is 17.7 Å². The van der Waals surface area contributed by atoms with Crippen molar-refractivity contribution in [1.82, 2.24) is 16.0 Å². The predicted octanol–water partition coefficient (Wildman–Crippen LogP) is 6.73. The van der Waals surface area contributed by atoms with Gasteiger partial charge in [0.25, 0.3) is 0 Å². The molecule has 0 aliphatic carbocycles. The zero-order chi connectivity index (χ0) is 44.1. The average molecular weight is 834 g/mol. The van der Waals surface area contributed by atoms with Crippen LogP contribution in [0, 0.1) is 23.7 Å². The maximum atomic E-state index is 12.0. The number of hydrogen-bond donors (Lipinski definition) is 5. The van der Waals surface area contributed by atoms with Crippen molar-refractivity contribution in [2.45, 2.75) is 176 Å². The van der Waals surface area contributed by atoms with Gasteiger partial charge in [0.15, 0.2) is 0 Å². The van der Waals surface area contributed by atoms with Gasteiger partial charge in [-0.15, -0.1) is 0 Å². The van der Waals surface area contributed by atoms with Crippen LogP contribution in [0.15, 0.2) is 0 Å². The van der Waals surface area contributed by atoms with E-state index in [-0.39, 0.29) is 71.7 Å². The molecule has 0 bridgehead atoms. The predicted molar refractivity (Wildman–Crippen MR) is 228 cm³/mol. The number of nitrogens with one attached hydrogen (secondary N) is 3. The van der Waals surface area contributed by atoms with Gasteiger partial charge in [-0.2, -0.15) is 23.5 Å². The minimum absolute atomic E-state index is 0.00900. The number of hydrogen-bond acceptors (Lipinski definition) is 10. The monoisotopic (exact) mass is 833 g/mol. The molecule has 3 amide bonds. The fourth-order valence-electron chi connectivity index (χ4n) is 4.32. The Bertz CT molecular complexity index is 1210. The normalized spacial score (nSPS) is 12.6. The number of aliphatic carboxylic acids is 2. The minimum Gasteiger partial charge on any atom is -0.481 e. The molecule has 0 aliphatic rings. The lowest BCUT2D eigenvalue weighted by Crippen LogP contribution is -2.44. The largest absolute Gasteiger partial charge is 0.481 e. The standard InChI is InChI=1S/C16H29NO4S.C14H25NO4S.C11H21NO2/c1-10(2)14(18)7-6-8-15(19)17-13(9-22-11(3)4)12(5)16(20)21;1-9(2)12(16)6-5-7-13(17)15-11(14(18)19)8-20-10(3)4;1-8(2)10(13)6-5-7-11(14)12-9(3)4/h10-13H,6-9H2,1-5H3,(H,17,19)(H,20,21);9-11H,5-8H2,1-4H3,(H,15,17)(H,18,19);8-9H,5-7H2,1-4H3,(H,12,14). The van der Waals surface area contributed by atoms with E-state index in [1.54, 1.807) is 18.7 Å². The van der Waals surface area contributed by atoms with Crippen LogP contribution >= 0.6 is 23.5 Å². The quantitative estimate of drug-likeness (QED) is 0.0583. The Balaban J connectivity index is -0.000000771. The van der Waals surface area contributed by atoms with Gasteiger partial charge in [-0.3, -0.25) is 33.6 Å². The Labute approximate surface area is 345 Å². The molecule has 56 heavy (non-hydrogen) atoms. The molecule has 0 aromatic heterocycles. The molecular formula is C41H75N3O10S2. The fraction of sp³-hybridized carbons (Fsp3) is 0.805. The van der Waals surface area contributed by atoms with Gasteiger partial charge >= 0.3 is 11.9 Å². The van der Waals surface area contributed by atoms with Crippen molar-refractivity contribution < 1.29 is 48.6 Å². The highest BCUT2D eigenvalue weighted by Crippen LogP contribution is 2.16. The first-order chi connectivity index (χ1) is 25.8. The summed E-state index contributed by atoms with van der Waals surface area (Å²) in [4.78, 5) is 91.1. The molecule has 13 nitrogen and oxygen atoms in total. The average Bonchev–Trinajstić information content (AvgIpc) is 3.07. The number of thioether (sulfide) groups is 2. The summed E-state index contributed by atoms with van der Waals surface area (Å²) >= 11 is 3.12. The summed E-state index contributed by atoms with van der Waals surface area (Å²) in [5.74, 6) is -1.52. The molecule has 5 N–H and O–H groups in total. The molecule has 0 rings (SSSR count). The number of carbonyl (C=O) groups excluding carboxylic acids is 6. The van der Waals surface area contributed by atoms with Crippen molar-refractivity contribution in [2.75, 3.05) is 11.5 Å². The molecule has 3 unspecified atom stereocenters. The van der Waals surface area contributed by atoms with Gasteiger partial charge in [-0.25, -0.2) is 4.79 Å². The third-order valence-electron chi connectivity index (χ3n) is 8.04. The second-order valence-electron chi connectivity index (χ2n) is 15.7. The molecule has 0 aromatic carbocycles. The van der Waals surface area contributed by atoms with Crippen LogP contribution in [-0.4, -0.2) is 97.4 Å². The van der Waals surface area contributed by atoms with E-state index in [0.717, 1.165) is 0 Å². The van der Waals surface area contributed by atoms with Crippen molar-refractivity contribution >= 4 is 70.5 Å². The van der Waals surface area contributed by atoms with E-state index in [1.165, 1.54) is 11.8 Å². The third kappa shape index (κ3) is 34.3. The van der Waals surface area contributed by atoms with E-state index in [2.05, 4.69) is 16.0 Å². The summed E-state index contributed by atoms with van der Waals surface area (Å²) in [6, 6.07) is -1.07. The number of rotatable bonds is 27. The zero-order valence-electron chi connectivity index (χ0n) is 36.5. The SMILES string of the molecule is CC(C)NC(=O)CCCC(=O)C(C)C.CC(C)SCC(NC(=O)CCCC(=O)C(C)C)C(=O)O.CC(C)SCC(NC(=O)CCCC(=O)C(C)C)C(C)C(=O)O. The van der Waals surface area contributed by atoms with E-state index in [0.29, 0.717) is 67.0 Å². The zero-order valence-corrected chi connectivity index (χ0v) is 38.1. The summed E-state index contributed by atoms with van der Waals surface area (Å²) in [6.07, 6.45) is 3.81. The van der Waals surface area contributed by atoms with Crippen LogP contribution in [-0.2, 0) is 38.4 Å². The highest BCUT2D eigenvalue weighted by Gasteiger charge is 2.26. The van der Waals surface area contributed by atoms with E-state index in [1.807, 2.05) is 83.1 Å². The molecule has 0 heterocycles. The van der Waals surface area contributed by atoms with Crippen molar-refractivity contribution in [3.05, 3.63) is 0 Å². The molecule has 0 aliphatic heterocycles. The minimum atomic E-state index is -1.02. The Morgan fingerprint density at radius 2 is 0.786 bits per heavy atom. The first kappa shape index (κ1) is 57.4. The summed E-state index contributed by atoms with van der Waals surface area (Å²) in [5, 5.41) is 27.0. The van der Waals surface area contributed by atoms with Gasteiger partial charge in [-0.05, 0) is 50.5 Å². The molecule has 0 spiro atoms. The number of carboxylic acid groups (broad SMARTS) is 2. The fourth-order valence-corrected chi connectivity index (χ4v) is 6.09. The number of amides is 3. The molecular weight excluding hydrogens is 759 g/mol. The maximum absolute atomic E-state index is 12.0. The summed E-state index contributed by atoms with van der Waals surface area (Å²) in [6.45, 7) is 24.6. The first-order valence-corrected chi connectivity index (χ1v) is 22.1. The van der Waals surface area contributed by atoms with Crippen LogP contribution in [0.3, 0.4) is 0 Å². The highest BCUT2D eigenvalue weighted by molar-refractivity contribution is 8.00. The molecule has 3 atom stereocenters. The lowest BCUT2D eigenvalue weighted by Gasteiger charge is -2.23. The van der Waals surface area contributed by atoms with Crippen LogP contribution < -0.4 is 16.0 Å². The van der Waals surface area contributed by atoms with Gasteiger partial charge in [0.05, 0.1) is 12.0 Å². The molecule has 326 valence electrons. The highest BCUT2D eigenvalue weighted by atomic mass is 32.2. The summed E-state index contributed by atoms with van der Waals surface area (Å²) < 4.78 is 0. The third-order valence-corrected chi connectivity index (χ3v) is 10.5. The van der Waals surface area contributed by atoms with E-state index in [4.69, 9.17) is 10.2 Å². The van der Waals surface area contributed by atoms with Gasteiger partial charge in [0, 0.05) is 73.8 Å². The van der Waals surface area contributed by atoms with Crippen LogP contribution in [0.1, 0.15) is 148 Å². The van der Waals surface area contributed by atoms with Gasteiger partial charge in [0.1, 0.15) is 23.4 Å². The van der Waals surface area contributed by atoms with Crippen LogP contribution in [0.25, 0.3) is 0 Å². The molecule has 0 saturated carbocycles. The molecule has 0 fully saturated rings. The van der Waals surface area contributed by atoms with Gasteiger partial charge < -0.3 is 26.2 Å². The Kier molecular flexibility index (Phi) is 33.9. The van der Waals surface area contributed by atoms with Crippen LogP contribution in [0.4, 0.5) is 0 Å². The Morgan fingerprint density at radius 3 is 1.09 bits per heavy atom. The number of carbonyl (C=O) groups is 8. The topological polar surface area (TPSA) is 213 Å². The van der Waals surface area contributed by atoms with Gasteiger partial charge in [-0.1, -0.05) is 69.2 Å². The van der Waals surface area contributed by atoms with E-state index < -0.39 is 29.9 Å². The maximum Gasteiger partial charge on any atom is 0.327 e. The number of carboxylic acids is 2. The van der Waals surface area contributed by atoms with E-state index >= 15 is 0 Å². The molecule has 0 radical (unpaired) electrons. The molecule has 0 saturated heterocycles. The smallest absolute Gasteiger partial charge is 0.327 e. The van der Waals surface area contributed by atoms with Crippen LogP contribution in [0.2, 0.25) is 0 Å². The number of ketones is 3. The van der Waals surface area contributed by atoms with Crippen LogP contribution in [0.5, 0.6) is 0 Å². The molecule has 15 heteroatoms. The second-order valence-corrected chi connectivity index (χ2v) is 18.9. The first-order valence-electron chi connectivity index (χ1n) is 20.0. The van der Waals surface area contributed by atoms with E-state index in [9.17, 15) is 38.4 Å². The lowest BCUT2D eigenvalue weighted by atomic mass is 10.0.